The molecule has 0 aliphatic carbocycles. The highest BCUT2D eigenvalue weighted by Gasteiger charge is 2.33. The number of benzene rings is 3. The zero-order valence-corrected chi connectivity index (χ0v) is 16.6. The van der Waals surface area contributed by atoms with Crippen LogP contribution < -0.4 is 10.0 Å². The average molecular weight is 455 g/mol. The van der Waals surface area contributed by atoms with Crippen LogP contribution in [0, 0.1) is 0 Å². The third-order valence-corrected chi connectivity index (χ3v) is 5.71. The van der Waals surface area contributed by atoms with E-state index in [1.807, 2.05) is 0 Å². The quantitative estimate of drug-likeness (QED) is 0.541. The fourth-order valence-electron chi connectivity index (χ4n) is 2.59. The van der Waals surface area contributed by atoms with Crippen molar-refractivity contribution in [1.82, 2.24) is 0 Å². The SMILES string of the molecule is O=C(Nc1ccc(Cl)c(C(F)(F)F)c1)c1ccccc1NS(=O)(=O)c1ccccc1. The summed E-state index contributed by atoms with van der Waals surface area (Å²) in [6, 6.07) is 16.2. The number of halogens is 4. The molecule has 30 heavy (non-hydrogen) atoms. The Morgan fingerprint density at radius 3 is 2.20 bits per heavy atom. The van der Waals surface area contributed by atoms with Gasteiger partial charge in [-0.3, -0.25) is 9.52 Å². The molecule has 0 aromatic heterocycles. The van der Waals surface area contributed by atoms with Gasteiger partial charge in [-0.15, -0.1) is 0 Å². The van der Waals surface area contributed by atoms with Crippen LogP contribution in [0.5, 0.6) is 0 Å². The van der Waals surface area contributed by atoms with Gasteiger partial charge in [0.1, 0.15) is 0 Å². The Labute approximate surface area is 175 Å². The van der Waals surface area contributed by atoms with E-state index < -0.39 is 32.7 Å². The van der Waals surface area contributed by atoms with Crippen molar-refractivity contribution >= 4 is 38.9 Å². The van der Waals surface area contributed by atoms with E-state index in [2.05, 4.69) is 10.0 Å². The molecule has 0 unspecified atom stereocenters. The lowest BCUT2D eigenvalue weighted by molar-refractivity contribution is -0.137. The fourth-order valence-corrected chi connectivity index (χ4v) is 3.92. The van der Waals surface area contributed by atoms with E-state index in [1.54, 1.807) is 18.2 Å². The third-order valence-electron chi connectivity index (χ3n) is 4.00. The smallest absolute Gasteiger partial charge is 0.322 e. The average Bonchev–Trinajstić information content (AvgIpc) is 2.69. The van der Waals surface area contributed by atoms with Gasteiger partial charge in [0.2, 0.25) is 0 Å². The number of hydrogen-bond acceptors (Lipinski definition) is 3. The number of carbonyl (C=O) groups is 1. The summed E-state index contributed by atoms with van der Waals surface area (Å²) in [5.41, 5.74) is -1.33. The van der Waals surface area contributed by atoms with Gasteiger partial charge in [0.25, 0.3) is 15.9 Å². The molecule has 0 aliphatic rings. The van der Waals surface area contributed by atoms with Gasteiger partial charge in [-0.25, -0.2) is 8.42 Å². The zero-order valence-electron chi connectivity index (χ0n) is 15.1. The van der Waals surface area contributed by atoms with Crippen molar-refractivity contribution in [1.29, 1.82) is 0 Å². The van der Waals surface area contributed by atoms with Crippen molar-refractivity contribution < 1.29 is 26.4 Å². The number of alkyl halides is 3. The molecular formula is C20H14ClF3N2O3S. The number of anilines is 2. The first-order chi connectivity index (χ1) is 14.1. The second-order valence-corrected chi connectivity index (χ2v) is 8.20. The van der Waals surface area contributed by atoms with Crippen LogP contribution in [-0.2, 0) is 16.2 Å². The van der Waals surface area contributed by atoms with Gasteiger partial charge in [0, 0.05) is 5.69 Å². The maximum Gasteiger partial charge on any atom is 0.417 e. The van der Waals surface area contributed by atoms with Crippen molar-refractivity contribution in [3.63, 3.8) is 0 Å². The largest absolute Gasteiger partial charge is 0.417 e. The molecule has 3 aromatic rings. The summed E-state index contributed by atoms with van der Waals surface area (Å²) in [6.45, 7) is 0. The van der Waals surface area contributed by atoms with Crippen molar-refractivity contribution in [2.24, 2.45) is 0 Å². The number of rotatable bonds is 5. The Bertz CT molecular complexity index is 1180. The Morgan fingerprint density at radius 2 is 1.53 bits per heavy atom. The molecule has 3 aromatic carbocycles. The summed E-state index contributed by atoms with van der Waals surface area (Å²) in [4.78, 5) is 12.6. The van der Waals surface area contributed by atoms with Crippen LogP contribution in [0.15, 0.2) is 77.7 Å². The summed E-state index contributed by atoms with van der Waals surface area (Å²) in [5, 5.41) is 1.83. The molecule has 0 spiro atoms. The number of nitrogens with one attached hydrogen (secondary N) is 2. The first-order valence-corrected chi connectivity index (χ1v) is 10.3. The highest BCUT2D eigenvalue weighted by Crippen LogP contribution is 2.36. The van der Waals surface area contributed by atoms with Crippen molar-refractivity contribution in [3.8, 4) is 0 Å². The van der Waals surface area contributed by atoms with E-state index in [9.17, 15) is 26.4 Å². The molecule has 0 atom stereocenters. The number of para-hydroxylation sites is 1. The molecule has 2 N–H and O–H groups in total. The molecule has 3 rings (SSSR count). The maximum atomic E-state index is 13.0. The molecule has 0 bridgehead atoms. The summed E-state index contributed by atoms with van der Waals surface area (Å²) >= 11 is 5.58. The minimum atomic E-state index is -4.69. The van der Waals surface area contributed by atoms with Gasteiger partial charge in [-0.2, -0.15) is 13.2 Å². The summed E-state index contributed by atoms with van der Waals surface area (Å²) in [5.74, 6) is -0.795. The second-order valence-electron chi connectivity index (χ2n) is 6.11. The van der Waals surface area contributed by atoms with E-state index in [1.165, 1.54) is 42.5 Å². The van der Waals surface area contributed by atoms with Crippen LogP contribution in [-0.4, -0.2) is 14.3 Å². The molecule has 1 amide bonds. The lowest BCUT2D eigenvalue weighted by atomic mass is 10.1. The number of carbonyl (C=O) groups excluding carboxylic acids is 1. The first-order valence-electron chi connectivity index (χ1n) is 8.43. The molecule has 0 fully saturated rings. The third kappa shape index (κ3) is 4.92. The summed E-state index contributed by atoms with van der Waals surface area (Å²) in [7, 11) is -3.97. The number of hydrogen-bond donors (Lipinski definition) is 2. The highest BCUT2D eigenvalue weighted by molar-refractivity contribution is 7.92. The standard InChI is InChI=1S/C20H14ClF3N2O3S/c21-17-11-10-13(12-16(17)20(22,23)24)25-19(27)15-8-4-5-9-18(15)26-30(28,29)14-6-2-1-3-7-14/h1-12,26H,(H,25,27). The van der Waals surface area contributed by atoms with E-state index in [0.29, 0.717) is 6.07 Å². The Balaban J connectivity index is 1.89. The lowest BCUT2D eigenvalue weighted by Crippen LogP contribution is -2.19. The molecule has 0 saturated carbocycles. The van der Waals surface area contributed by atoms with Crippen molar-refractivity contribution in [2.45, 2.75) is 11.1 Å². The van der Waals surface area contributed by atoms with Crippen LogP contribution in [0.1, 0.15) is 15.9 Å². The van der Waals surface area contributed by atoms with E-state index in [-0.39, 0.29) is 21.8 Å². The minimum Gasteiger partial charge on any atom is -0.322 e. The number of sulfonamides is 1. The van der Waals surface area contributed by atoms with E-state index in [0.717, 1.165) is 6.07 Å². The zero-order chi connectivity index (χ0) is 21.9. The highest BCUT2D eigenvalue weighted by atomic mass is 35.5. The molecule has 10 heteroatoms. The second kappa shape index (κ2) is 8.37. The van der Waals surface area contributed by atoms with Gasteiger partial charge in [-0.1, -0.05) is 41.9 Å². The minimum absolute atomic E-state index is 0.00673. The van der Waals surface area contributed by atoms with Crippen LogP contribution in [0.2, 0.25) is 5.02 Å². The topological polar surface area (TPSA) is 75.3 Å². The molecular weight excluding hydrogens is 441 g/mol. The van der Waals surface area contributed by atoms with Crippen LogP contribution in [0.3, 0.4) is 0 Å². The van der Waals surface area contributed by atoms with Gasteiger partial charge in [0.05, 0.1) is 26.7 Å². The monoisotopic (exact) mass is 454 g/mol. The van der Waals surface area contributed by atoms with Gasteiger partial charge >= 0.3 is 6.18 Å². The first kappa shape index (κ1) is 21.7. The van der Waals surface area contributed by atoms with Gasteiger partial charge < -0.3 is 5.32 Å². The Hall–Kier alpha value is -3.04. The lowest BCUT2D eigenvalue weighted by Gasteiger charge is -2.14. The Morgan fingerprint density at radius 1 is 0.900 bits per heavy atom. The normalized spacial score (nSPS) is 11.7. The predicted octanol–water partition coefficient (Wildman–Crippen LogP) is 5.41. The molecule has 5 nitrogen and oxygen atoms in total. The molecule has 0 aliphatic heterocycles. The van der Waals surface area contributed by atoms with E-state index in [4.69, 9.17) is 11.6 Å². The van der Waals surface area contributed by atoms with Gasteiger partial charge in [-0.05, 0) is 42.5 Å². The van der Waals surface area contributed by atoms with Crippen LogP contribution in [0.4, 0.5) is 24.5 Å². The maximum absolute atomic E-state index is 13.0. The Kier molecular flexibility index (Phi) is 6.04. The van der Waals surface area contributed by atoms with Crippen LogP contribution >= 0.6 is 11.6 Å². The summed E-state index contributed by atoms with van der Waals surface area (Å²) in [6.07, 6.45) is -4.69. The van der Waals surface area contributed by atoms with E-state index >= 15 is 0 Å². The molecule has 0 saturated heterocycles. The summed E-state index contributed by atoms with van der Waals surface area (Å²) < 4.78 is 66.5. The molecule has 0 radical (unpaired) electrons. The van der Waals surface area contributed by atoms with Crippen molar-refractivity contribution in [2.75, 3.05) is 10.0 Å². The molecule has 156 valence electrons. The van der Waals surface area contributed by atoms with Crippen LogP contribution in [0.25, 0.3) is 0 Å². The predicted molar refractivity (Wildman–Crippen MR) is 108 cm³/mol. The van der Waals surface area contributed by atoms with Crippen molar-refractivity contribution in [3.05, 3.63) is 88.9 Å². The fraction of sp³-hybridized carbons (Fsp3) is 0.0500. The van der Waals surface area contributed by atoms with Gasteiger partial charge in [0.15, 0.2) is 0 Å². The number of amides is 1. The molecule has 0 heterocycles.